The Hall–Kier alpha value is -3.41. The molecule has 9 nitrogen and oxygen atoms in total. The van der Waals surface area contributed by atoms with Gasteiger partial charge in [0.15, 0.2) is 0 Å². The van der Waals surface area contributed by atoms with Crippen LogP contribution in [-0.4, -0.2) is 38.5 Å². The molecule has 1 saturated carbocycles. The highest BCUT2D eigenvalue weighted by Gasteiger charge is 2.27. The van der Waals surface area contributed by atoms with Crippen molar-refractivity contribution in [3.8, 4) is 11.8 Å². The van der Waals surface area contributed by atoms with E-state index in [-0.39, 0.29) is 17.6 Å². The maximum absolute atomic E-state index is 12.2. The highest BCUT2D eigenvalue weighted by molar-refractivity contribution is 5.68. The second-order valence-electron chi connectivity index (χ2n) is 7.97. The molecule has 2 atom stereocenters. The first kappa shape index (κ1) is 20.3. The molecule has 3 rings (SSSR count). The van der Waals surface area contributed by atoms with Crippen molar-refractivity contribution in [1.29, 1.82) is 5.26 Å². The maximum Gasteiger partial charge on any atom is 0.407 e. The smallest absolute Gasteiger partial charge is 0.407 e. The zero-order chi connectivity index (χ0) is 21.0. The number of nitrogens with zero attached hydrogens (tertiary/aromatic N) is 4. The summed E-state index contributed by atoms with van der Waals surface area (Å²) in [5.41, 5.74) is -0.496. The molecule has 1 aliphatic carbocycles. The van der Waals surface area contributed by atoms with E-state index in [0.29, 0.717) is 11.5 Å². The van der Waals surface area contributed by atoms with Crippen LogP contribution in [0.5, 0.6) is 0 Å². The standard InChI is InChI=1S/C20H24N6O3/c1-20(2,3)29-19(28)25-15-5-4-14(10-15)24-17-7-6-16(12-22-17)26-18(27)13(11-21)8-9-23-26/h6-9,12,14-15H,4-5,10H2,1-3H3,(H,22,24)(H,25,28)/t14-,15-/m0/s1. The maximum atomic E-state index is 12.2. The number of nitriles is 1. The van der Waals surface area contributed by atoms with E-state index in [1.807, 2.05) is 26.8 Å². The third-order valence-corrected chi connectivity index (χ3v) is 4.46. The summed E-state index contributed by atoms with van der Waals surface area (Å²) in [6.07, 6.45) is 5.06. The fourth-order valence-electron chi connectivity index (χ4n) is 3.21. The van der Waals surface area contributed by atoms with Gasteiger partial charge in [0.25, 0.3) is 5.56 Å². The summed E-state index contributed by atoms with van der Waals surface area (Å²) in [6, 6.07) is 6.94. The lowest BCUT2D eigenvalue weighted by atomic mass is 10.2. The van der Waals surface area contributed by atoms with Gasteiger partial charge in [-0.25, -0.2) is 9.78 Å². The number of carbonyl (C=O) groups excluding carboxylic acids is 1. The van der Waals surface area contributed by atoms with Crippen LogP contribution in [0.1, 0.15) is 45.6 Å². The van der Waals surface area contributed by atoms with Crippen molar-refractivity contribution in [2.75, 3.05) is 5.32 Å². The van der Waals surface area contributed by atoms with Gasteiger partial charge < -0.3 is 15.4 Å². The number of rotatable bonds is 4. The topological polar surface area (TPSA) is 122 Å². The second kappa shape index (κ2) is 8.31. The summed E-state index contributed by atoms with van der Waals surface area (Å²) in [5, 5.41) is 19.2. The quantitative estimate of drug-likeness (QED) is 0.813. The molecule has 29 heavy (non-hydrogen) atoms. The van der Waals surface area contributed by atoms with Crippen LogP contribution in [0.25, 0.3) is 5.69 Å². The van der Waals surface area contributed by atoms with E-state index in [1.165, 1.54) is 18.5 Å². The van der Waals surface area contributed by atoms with Crippen molar-refractivity contribution >= 4 is 11.9 Å². The van der Waals surface area contributed by atoms with Gasteiger partial charge in [0.05, 0.1) is 11.9 Å². The van der Waals surface area contributed by atoms with Gasteiger partial charge in [0.2, 0.25) is 0 Å². The van der Waals surface area contributed by atoms with Gasteiger partial charge in [-0.05, 0) is 58.2 Å². The third kappa shape index (κ3) is 5.31. The summed E-state index contributed by atoms with van der Waals surface area (Å²) in [7, 11) is 0. The van der Waals surface area contributed by atoms with Crippen LogP contribution >= 0.6 is 0 Å². The predicted octanol–water partition coefficient (Wildman–Crippen LogP) is 2.36. The minimum atomic E-state index is -0.518. The number of carbonyl (C=O) groups is 1. The van der Waals surface area contributed by atoms with Crippen molar-refractivity contribution in [1.82, 2.24) is 20.1 Å². The first-order valence-corrected chi connectivity index (χ1v) is 9.46. The summed E-state index contributed by atoms with van der Waals surface area (Å²) < 4.78 is 6.44. The summed E-state index contributed by atoms with van der Waals surface area (Å²) in [5.74, 6) is 0.668. The van der Waals surface area contributed by atoms with Crippen LogP contribution in [0.3, 0.4) is 0 Å². The molecule has 0 spiro atoms. The van der Waals surface area contributed by atoms with Gasteiger partial charge in [-0.1, -0.05) is 0 Å². The van der Waals surface area contributed by atoms with Crippen molar-refractivity contribution in [2.24, 2.45) is 0 Å². The molecule has 2 aromatic rings. The van der Waals surface area contributed by atoms with Gasteiger partial charge in [-0.15, -0.1) is 0 Å². The fraction of sp³-hybridized carbons (Fsp3) is 0.450. The van der Waals surface area contributed by atoms with Gasteiger partial charge in [-0.3, -0.25) is 4.79 Å². The molecule has 9 heteroatoms. The molecule has 2 aromatic heterocycles. The molecule has 0 aliphatic heterocycles. The fourth-order valence-corrected chi connectivity index (χ4v) is 3.21. The van der Waals surface area contributed by atoms with Crippen molar-refractivity contribution < 1.29 is 9.53 Å². The second-order valence-corrected chi connectivity index (χ2v) is 7.97. The monoisotopic (exact) mass is 396 g/mol. The summed E-state index contributed by atoms with van der Waals surface area (Å²) in [6.45, 7) is 5.50. The molecule has 0 bridgehead atoms. The Bertz CT molecular complexity index is 971. The molecule has 0 unspecified atom stereocenters. The van der Waals surface area contributed by atoms with E-state index in [2.05, 4.69) is 20.7 Å². The van der Waals surface area contributed by atoms with Crippen LogP contribution in [0, 0.1) is 11.3 Å². The summed E-state index contributed by atoms with van der Waals surface area (Å²) in [4.78, 5) is 28.4. The Morgan fingerprint density at radius 1 is 1.28 bits per heavy atom. The van der Waals surface area contributed by atoms with Crippen LogP contribution in [0.2, 0.25) is 0 Å². The van der Waals surface area contributed by atoms with E-state index >= 15 is 0 Å². The van der Waals surface area contributed by atoms with E-state index in [9.17, 15) is 9.59 Å². The molecule has 1 aliphatic rings. The Morgan fingerprint density at radius 3 is 2.69 bits per heavy atom. The number of hydrogen-bond acceptors (Lipinski definition) is 7. The zero-order valence-electron chi connectivity index (χ0n) is 16.7. The Kier molecular flexibility index (Phi) is 5.82. The van der Waals surface area contributed by atoms with Crippen molar-refractivity contribution in [3.63, 3.8) is 0 Å². The van der Waals surface area contributed by atoms with Crippen molar-refractivity contribution in [2.45, 2.75) is 57.7 Å². The van der Waals surface area contributed by atoms with E-state index < -0.39 is 17.3 Å². The number of alkyl carbamates (subject to hydrolysis) is 1. The molecule has 2 N–H and O–H groups in total. The Labute approximate surface area is 168 Å². The first-order valence-electron chi connectivity index (χ1n) is 9.46. The first-order chi connectivity index (χ1) is 13.7. The highest BCUT2D eigenvalue weighted by atomic mass is 16.6. The lowest BCUT2D eigenvalue weighted by molar-refractivity contribution is 0.0505. The predicted molar refractivity (Wildman–Crippen MR) is 107 cm³/mol. The Morgan fingerprint density at radius 2 is 2.03 bits per heavy atom. The molecule has 152 valence electrons. The highest BCUT2D eigenvalue weighted by Crippen LogP contribution is 2.23. The molecular formula is C20H24N6O3. The number of pyridine rings is 1. The largest absolute Gasteiger partial charge is 0.444 e. The van der Waals surface area contributed by atoms with E-state index in [1.54, 1.807) is 12.1 Å². The average Bonchev–Trinajstić information content (AvgIpc) is 3.08. The molecule has 2 heterocycles. The number of ether oxygens (including phenoxy) is 1. The van der Waals surface area contributed by atoms with E-state index in [4.69, 9.17) is 10.00 Å². The average molecular weight is 396 g/mol. The number of aromatic nitrogens is 3. The molecule has 1 amide bonds. The SMILES string of the molecule is CC(C)(C)OC(=O)N[C@H]1CC[C@H](Nc2ccc(-n3nccc(C#N)c3=O)cn2)C1. The molecule has 0 saturated heterocycles. The number of amides is 1. The van der Waals surface area contributed by atoms with Gasteiger partial charge in [0.1, 0.15) is 23.1 Å². The minimum absolute atomic E-state index is 0.0247. The molecular weight excluding hydrogens is 372 g/mol. The molecule has 0 aromatic carbocycles. The number of anilines is 1. The van der Waals surface area contributed by atoms with Crippen LogP contribution in [0.4, 0.5) is 10.6 Å². The number of hydrogen-bond donors (Lipinski definition) is 2. The Balaban J connectivity index is 1.58. The minimum Gasteiger partial charge on any atom is -0.444 e. The van der Waals surface area contributed by atoms with Crippen LogP contribution < -0.4 is 16.2 Å². The van der Waals surface area contributed by atoms with E-state index in [0.717, 1.165) is 23.9 Å². The summed E-state index contributed by atoms with van der Waals surface area (Å²) >= 11 is 0. The number of nitrogens with one attached hydrogen (secondary N) is 2. The van der Waals surface area contributed by atoms with Crippen molar-refractivity contribution in [3.05, 3.63) is 46.5 Å². The lowest BCUT2D eigenvalue weighted by Gasteiger charge is -2.22. The lowest BCUT2D eigenvalue weighted by Crippen LogP contribution is -2.38. The molecule has 1 fully saturated rings. The van der Waals surface area contributed by atoms with Gasteiger partial charge in [0, 0.05) is 18.3 Å². The third-order valence-electron chi connectivity index (χ3n) is 4.46. The molecule has 0 radical (unpaired) electrons. The normalized spacial score (nSPS) is 18.7. The van der Waals surface area contributed by atoms with Gasteiger partial charge >= 0.3 is 6.09 Å². The zero-order valence-corrected chi connectivity index (χ0v) is 16.7. The van der Waals surface area contributed by atoms with Crippen LogP contribution in [-0.2, 0) is 4.74 Å². The van der Waals surface area contributed by atoms with Crippen LogP contribution in [0.15, 0.2) is 35.4 Å². The van der Waals surface area contributed by atoms with Gasteiger partial charge in [-0.2, -0.15) is 15.0 Å².